The number of rotatable bonds is 3. The molecule has 0 saturated heterocycles. The van der Waals surface area contributed by atoms with Gasteiger partial charge in [0.1, 0.15) is 6.07 Å². The lowest BCUT2D eigenvalue weighted by Crippen LogP contribution is -2.54. The maximum absolute atomic E-state index is 12.4. The van der Waals surface area contributed by atoms with E-state index in [0.717, 1.165) is 12.8 Å². The number of benzene rings is 1. The number of hydrogen-bond donors (Lipinski definition) is 1. The molecular formula is C14H17N3O. The van der Waals surface area contributed by atoms with Crippen molar-refractivity contribution in [3.63, 3.8) is 0 Å². The topological polar surface area (TPSA) is 70.1 Å². The molecule has 1 aliphatic carbocycles. The minimum atomic E-state index is -0.836. The monoisotopic (exact) mass is 243 g/mol. The van der Waals surface area contributed by atoms with E-state index in [9.17, 15) is 4.79 Å². The highest BCUT2D eigenvalue weighted by molar-refractivity contribution is 6.00. The first-order valence-electron chi connectivity index (χ1n) is 6.04. The lowest BCUT2D eigenvalue weighted by Gasteiger charge is -2.29. The Labute approximate surface area is 107 Å². The lowest BCUT2D eigenvalue weighted by molar-refractivity contribution is -0.123. The van der Waals surface area contributed by atoms with E-state index in [1.54, 1.807) is 32.2 Å². The summed E-state index contributed by atoms with van der Waals surface area (Å²) in [6, 6.07) is 9.15. The first-order chi connectivity index (χ1) is 8.48. The van der Waals surface area contributed by atoms with Gasteiger partial charge in [0.2, 0.25) is 5.91 Å². The minimum Gasteiger partial charge on any atom is -0.317 e. The molecule has 1 aromatic rings. The summed E-state index contributed by atoms with van der Waals surface area (Å²) in [5, 5.41) is 9.05. The number of likely N-dealkylation sites (N-methyl/N-ethyl adjacent to an activating group) is 1. The van der Waals surface area contributed by atoms with Crippen molar-refractivity contribution < 1.29 is 4.79 Å². The van der Waals surface area contributed by atoms with E-state index in [-0.39, 0.29) is 11.8 Å². The van der Waals surface area contributed by atoms with Crippen LogP contribution >= 0.6 is 0 Å². The van der Waals surface area contributed by atoms with Crippen molar-refractivity contribution in [3.8, 4) is 6.07 Å². The van der Waals surface area contributed by atoms with E-state index in [2.05, 4.69) is 6.07 Å². The molecule has 1 amide bonds. The third kappa shape index (κ3) is 2.09. The smallest absolute Gasteiger partial charge is 0.246 e. The van der Waals surface area contributed by atoms with E-state index in [1.807, 2.05) is 6.07 Å². The molecular weight excluding hydrogens is 226 g/mol. The van der Waals surface area contributed by atoms with Gasteiger partial charge in [-0.15, -0.1) is 0 Å². The van der Waals surface area contributed by atoms with Crippen molar-refractivity contribution in [1.29, 1.82) is 5.26 Å². The SMILES string of the molecule is CN(C(=O)C(C)(N)C1CC1)c1ccccc1C#N. The quantitative estimate of drug-likeness (QED) is 0.877. The number of nitrogens with zero attached hydrogens (tertiary/aromatic N) is 2. The van der Waals surface area contributed by atoms with Crippen LogP contribution in [0.5, 0.6) is 0 Å². The summed E-state index contributed by atoms with van der Waals surface area (Å²) in [4.78, 5) is 13.9. The fraction of sp³-hybridized carbons (Fsp3) is 0.429. The van der Waals surface area contributed by atoms with Crippen molar-refractivity contribution >= 4 is 11.6 Å². The molecule has 1 fully saturated rings. The molecule has 1 atom stereocenters. The highest BCUT2D eigenvalue weighted by atomic mass is 16.2. The summed E-state index contributed by atoms with van der Waals surface area (Å²) >= 11 is 0. The van der Waals surface area contributed by atoms with Gasteiger partial charge in [-0.3, -0.25) is 4.79 Å². The zero-order chi connectivity index (χ0) is 13.3. The Morgan fingerprint density at radius 3 is 2.67 bits per heavy atom. The predicted molar refractivity (Wildman–Crippen MR) is 69.9 cm³/mol. The second-order valence-corrected chi connectivity index (χ2v) is 5.05. The van der Waals surface area contributed by atoms with Crippen LogP contribution < -0.4 is 10.6 Å². The molecule has 4 heteroatoms. The Kier molecular flexibility index (Phi) is 3.10. The summed E-state index contributed by atoms with van der Waals surface area (Å²) in [5.41, 5.74) is 6.38. The number of nitrogens with two attached hydrogens (primary N) is 1. The molecule has 1 aliphatic rings. The van der Waals surface area contributed by atoms with Gasteiger partial charge in [0.25, 0.3) is 0 Å². The summed E-state index contributed by atoms with van der Waals surface area (Å²) in [7, 11) is 1.67. The van der Waals surface area contributed by atoms with Crippen LogP contribution in [0.3, 0.4) is 0 Å². The number of carbonyl (C=O) groups excluding carboxylic acids is 1. The number of para-hydroxylation sites is 1. The van der Waals surface area contributed by atoms with Crippen molar-refractivity contribution in [1.82, 2.24) is 0 Å². The van der Waals surface area contributed by atoms with E-state index < -0.39 is 5.54 Å². The highest BCUT2D eigenvalue weighted by Crippen LogP contribution is 2.39. The second kappa shape index (κ2) is 4.43. The molecule has 0 heterocycles. The molecule has 0 bridgehead atoms. The number of amides is 1. The molecule has 0 radical (unpaired) electrons. The van der Waals surface area contributed by atoms with Crippen LogP contribution in [0.2, 0.25) is 0 Å². The normalized spacial score (nSPS) is 17.7. The Bertz CT molecular complexity index is 512. The summed E-state index contributed by atoms with van der Waals surface area (Å²) < 4.78 is 0. The van der Waals surface area contributed by atoms with Gasteiger partial charge in [-0.25, -0.2) is 0 Å². The van der Waals surface area contributed by atoms with Crippen molar-refractivity contribution in [2.24, 2.45) is 11.7 Å². The van der Waals surface area contributed by atoms with Gasteiger partial charge in [-0.2, -0.15) is 5.26 Å². The van der Waals surface area contributed by atoms with Crippen LogP contribution in [-0.4, -0.2) is 18.5 Å². The molecule has 2 rings (SSSR count). The highest BCUT2D eigenvalue weighted by Gasteiger charge is 2.45. The van der Waals surface area contributed by atoms with Crippen molar-refractivity contribution in [2.45, 2.75) is 25.3 Å². The largest absolute Gasteiger partial charge is 0.317 e. The van der Waals surface area contributed by atoms with Gasteiger partial charge in [0.05, 0.1) is 16.8 Å². The van der Waals surface area contributed by atoms with E-state index >= 15 is 0 Å². The van der Waals surface area contributed by atoms with E-state index in [1.165, 1.54) is 4.90 Å². The van der Waals surface area contributed by atoms with Gasteiger partial charge in [0.15, 0.2) is 0 Å². The molecule has 1 unspecified atom stereocenters. The van der Waals surface area contributed by atoms with Gasteiger partial charge in [-0.05, 0) is 37.8 Å². The summed E-state index contributed by atoms with van der Waals surface area (Å²) in [6.45, 7) is 1.78. The number of anilines is 1. The summed E-state index contributed by atoms with van der Waals surface area (Å²) in [5.74, 6) is 0.134. The van der Waals surface area contributed by atoms with Crippen LogP contribution in [0.1, 0.15) is 25.3 Å². The Hall–Kier alpha value is -1.86. The fourth-order valence-corrected chi connectivity index (χ4v) is 2.19. The standard InChI is InChI=1S/C14H17N3O/c1-14(16,11-7-8-11)13(18)17(2)12-6-4-3-5-10(12)9-15/h3-6,11H,7-8,16H2,1-2H3. The number of carbonyl (C=O) groups is 1. The van der Waals surface area contributed by atoms with Crippen LogP contribution in [0, 0.1) is 17.2 Å². The van der Waals surface area contributed by atoms with Crippen LogP contribution in [0.15, 0.2) is 24.3 Å². The Morgan fingerprint density at radius 1 is 1.50 bits per heavy atom. The lowest BCUT2D eigenvalue weighted by atomic mass is 9.95. The first-order valence-corrected chi connectivity index (χ1v) is 6.04. The van der Waals surface area contributed by atoms with Crippen LogP contribution in [-0.2, 0) is 4.79 Å². The molecule has 4 nitrogen and oxygen atoms in total. The van der Waals surface area contributed by atoms with Gasteiger partial charge >= 0.3 is 0 Å². The van der Waals surface area contributed by atoms with Gasteiger partial charge in [-0.1, -0.05) is 12.1 Å². The van der Waals surface area contributed by atoms with Crippen LogP contribution in [0.25, 0.3) is 0 Å². The zero-order valence-corrected chi connectivity index (χ0v) is 10.7. The van der Waals surface area contributed by atoms with Gasteiger partial charge < -0.3 is 10.6 Å². The van der Waals surface area contributed by atoms with Gasteiger partial charge in [0, 0.05) is 7.05 Å². The zero-order valence-electron chi connectivity index (χ0n) is 10.7. The van der Waals surface area contributed by atoms with Crippen LogP contribution in [0.4, 0.5) is 5.69 Å². The molecule has 1 aromatic carbocycles. The molecule has 0 spiro atoms. The molecule has 0 aliphatic heterocycles. The molecule has 18 heavy (non-hydrogen) atoms. The minimum absolute atomic E-state index is 0.132. The molecule has 94 valence electrons. The Balaban J connectivity index is 2.28. The molecule has 0 aromatic heterocycles. The number of hydrogen-bond acceptors (Lipinski definition) is 3. The molecule has 1 saturated carbocycles. The Morgan fingerprint density at radius 2 is 2.11 bits per heavy atom. The second-order valence-electron chi connectivity index (χ2n) is 5.05. The average Bonchev–Trinajstić information content (AvgIpc) is 3.21. The van der Waals surface area contributed by atoms with E-state index in [4.69, 9.17) is 11.0 Å². The average molecular weight is 243 g/mol. The third-order valence-electron chi connectivity index (χ3n) is 3.58. The van der Waals surface area contributed by atoms with Crippen molar-refractivity contribution in [3.05, 3.63) is 29.8 Å². The third-order valence-corrected chi connectivity index (χ3v) is 3.58. The predicted octanol–water partition coefficient (Wildman–Crippen LogP) is 1.65. The molecule has 2 N–H and O–H groups in total. The first kappa shape index (κ1) is 12.6. The maximum atomic E-state index is 12.4. The maximum Gasteiger partial charge on any atom is 0.246 e. The fourth-order valence-electron chi connectivity index (χ4n) is 2.19. The van der Waals surface area contributed by atoms with Crippen molar-refractivity contribution in [2.75, 3.05) is 11.9 Å². The number of nitriles is 1. The van der Waals surface area contributed by atoms with E-state index in [0.29, 0.717) is 11.3 Å². The summed E-state index contributed by atoms with van der Waals surface area (Å²) in [6.07, 6.45) is 2.01.